The van der Waals surface area contributed by atoms with Crippen LogP contribution in [0, 0.1) is 5.92 Å². The lowest BCUT2D eigenvalue weighted by Gasteiger charge is -2.07. The Labute approximate surface area is 175 Å². The van der Waals surface area contributed by atoms with Crippen molar-refractivity contribution in [3.8, 4) is 15.4 Å². The van der Waals surface area contributed by atoms with Crippen LogP contribution in [0.1, 0.15) is 37.1 Å². The van der Waals surface area contributed by atoms with Crippen LogP contribution in [0.5, 0.6) is 0 Å². The third kappa shape index (κ3) is 4.94. The van der Waals surface area contributed by atoms with Crippen LogP contribution < -0.4 is 5.32 Å². The first kappa shape index (κ1) is 21.3. The number of nitrogens with one attached hydrogen (secondary N) is 1. The van der Waals surface area contributed by atoms with E-state index in [0.717, 1.165) is 27.7 Å². The SMILES string of the molecule is CCNC(=O)c1cn(-c2ccc(-c3cccc(S(C)(=O)=O)c3)s2)c(CC(C)C)n1. The first-order valence-electron chi connectivity index (χ1n) is 9.46. The quantitative estimate of drug-likeness (QED) is 0.614. The molecule has 2 aromatic heterocycles. The zero-order valence-electron chi connectivity index (χ0n) is 17.0. The van der Waals surface area contributed by atoms with Crippen molar-refractivity contribution in [1.29, 1.82) is 0 Å². The molecule has 2 heterocycles. The van der Waals surface area contributed by atoms with E-state index < -0.39 is 9.84 Å². The summed E-state index contributed by atoms with van der Waals surface area (Å²) in [6.45, 7) is 6.65. The van der Waals surface area contributed by atoms with Gasteiger partial charge in [-0.05, 0) is 42.7 Å². The second-order valence-corrected chi connectivity index (χ2v) is 10.4. The molecule has 0 saturated carbocycles. The molecule has 6 nitrogen and oxygen atoms in total. The third-order valence-corrected chi connectivity index (χ3v) is 6.56. The van der Waals surface area contributed by atoms with Crippen LogP contribution in [0.15, 0.2) is 47.5 Å². The number of benzene rings is 1. The fourth-order valence-corrected chi connectivity index (χ4v) is 4.64. The summed E-state index contributed by atoms with van der Waals surface area (Å²) in [4.78, 5) is 18.0. The number of aromatic nitrogens is 2. The van der Waals surface area contributed by atoms with Gasteiger partial charge in [0.15, 0.2) is 9.84 Å². The highest BCUT2D eigenvalue weighted by Crippen LogP contribution is 2.32. The van der Waals surface area contributed by atoms with Gasteiger partial charge in [-0.15, -0.1) is 11.3 Å². The molecule has 3 aromatic rings. The molecule has 0 saturated heterocycles. The maximum atomic E-state index is 12.2. The first-order chi connectivity index (χ1) is 13.7. The van der Waals surface area contributed by atoms with Crippen molar-refractivity contribution >= 4 is 27.1 Å². The molecule has 1 amide bonds. The van der Waals surface area contributed by atoms with Gasteiger partial charge in [-0.1, -0.05) is 26.0 Å². The fraction of sp³-hybridized carbons (Fsp3) is 0.333. The predicted octanol–water partition coefficient (Wildman–Crippen LogP) is 3.95. The lowest BCUT2D eigenvalue weighted by Crippen LogP contribution is -2.23. The minimum atomic E-state index is -3.27. The van der Waals surface area contributed by atoms with Crippen molar-refractivity contribution < 1.29 is 13.2 Å². The van der Waals surface area contributed by atoms with E-state index >= 15 is 0 Å². The molecule has 0 aliphatic carbocycles. The fourth-order valence-electron chi connectivity index (χ4n) is 2.97. The number of carbonyl (C=O) groups excluding carboxylic acids is 1. The Bertz CT molecular complexity index is 1130. The number of rotatable bonds is 7. The van der Waals surface area contributed by atoms with Gasteiger partial charge in [-0.2, -0.15) is 0 Å². The van der Waals surface area contributed by atoms with Crippen LogP contribution in [-0.2, 0) is 16.3 Å². The molecule has 29 heavy (non-hydrogen) atoms. The molecule has 0 spiro atoms. The number of imidazole rings is 1. The minimum absolute atomic E-state index is 0.186. The highest BCUT2D eigenvalue weighted by molar-refractivity contribution is 7.90. The van der Waals surface area contributed by atoms with Crippen molar-refractivity contribution in [2.45, 2.75) is 32.1 Å². The predicted molar refractivity (Wildman–Crippen MR) is 117 cm³/mol. The normalized spacial score (nSPS) is 11.8. The number of nitrogens with zero attached hydrogens (tertiary/aromatic N) is 2. The summed E-state index contributed by atoms with van der Waals surface area (Å²) in [5.41, 5.74) is 1.25. The Morgan fingerprint density at radius 2 is 2.00 bits per heavy atom. The molecule has 0 unspecified atom stereocenters. The van der Waals surface area contributed by atoms with E-state index in [1.807, 2.05) is 29.7 Å². The molecule has 0 aliphatic rings. The smallest absolute Gasteiger partial charge is 0.271 e. The van der Waals surface area contributed by atoms with E-state index in [4.69, 9.17) is 0 Å². The lowest BCUT2D eigenvalue weighted by atomic mass is 10.1. The van der Waals surface area contributed by atoms with Crippen LogP contribution >= 0.6 is 11.3 Å². The number of carbonyl (C=O) groups is 1. The number of sulfone groups is 1. The van der Waals surface area contributed by atoms with Crippen LogP contribution in [0.25, 0.3) is 15.4 Å². The monoisotopic (exact) mass is 431 g/mol. The van der Waals surface area contributed by atoms with Crippen molar-refractivity contribution in [2.24, 2.45) is 5.92 Å². The molecular formula is C21H25N3O3S2. The van der Waals surface area contributed by atoms with E-state index in [-0.39, 0.29) is 5.91 Å². The van der Waals surface area contributed by atoms with Gasteiger partial charge in [0.2, 0.25) is 0 Å². The number of thiophene rings is 1. The van der Waals surface area contributed by atoms with Crippen LogP contribution in [0.3, 0.4) is 0 Å². The highest BCUT2D eigenvalue weighted by Gasteiger charge is 2.17. The largest absolute Gasteiger partial charge is 0.351 e. The maximum Gasteiger partial charge on any atom is 0.271 e. The summed E-state index contributed by atoms with van der Waals surface area (Å²) in [6.07, 6.45) is 3.72. The number of amides is 1. The lowest BCUT2D eigenvalue weighted by molar-refractivity contribution is 0.0951. The van der Waals surface area contributed by atoms with E-state index in [1.54, 1.807) is 24.4 Å². The Hall–Kier alpha value is -2.45. The van der Waals surface area contributed by atoms with Crippen molar-refractivity contribution in [1.82, 2.24) is 14.9 Å². The summed E-state index contributed by atoms with van der Waals surface area (Å²) in [5.74, 6) is 1.04. The Morgan fingerprint density at radius 3 is 2.66 bits per heavy atom. The molecule has 0 atom stereocenters. The van der Waals surface area contributed by atoms with Gasteiger partial charge in [0.1, 0.15) is 16.5 Å². The van der Waals surface area contributed by atoms with Crippen LogP contribution in [0.2, 0.25) is 0 Å². The Balaban J connectivity index is 2.00. The molecule has 3 rings (SSSR count). The third-order valence-electron chi connectivity index (χ3n) is 4.32. The van der Waals surface area contributed by atoms with Gasteiger partial charge in [0.05, 0.1) is 4.90 Å². The van der Waals surface area contributed by atoms with Crippen LogP contribution in [-0.4, -0.2) is 36.7 Å². The topological polar surface area (TPSA) is 81.1 Å². The molecule has 1 aromatic carbocycles. The molecule has 154 valence electrons. The summed E-state index contributed by atoms with van der Waals surface area (Å²) in [6, 6.07) is 10.9. The van der Waals surface area contributed by atoms with Gasteiger partial charge in [0, 0.05) is 30.3 Å². The molecule has 0 bridgehead atoms. The Morgan fingerprint density at radius 1 is 1.24 bits per heavy atom. The maximum absolute atomic E-state index is 12.2. The van der Waals surface area contributed by atoms with Gasteiger partial charge in [-0.3, -0.25) is 9.36 Å². The Kier molecular flexibility index (Phi) is 6.24. The highest BCUT2D eigenvalue weighted by atomic mass is 32.2. The second kappa shape index (κ2) is 8.51. The van der Waals surface area contributed by atoms with Crippen molar-refractivity contribution in [3.63, 3.8) is 0 Å². The van der Waals surface area contributed by atoms with Gasteiger partial charge in [0.25, 0.3) is 5.91 Å². The van der Waals surface area contributed by atoms with Crippen molar-refractivity contribution in [3.05, 3.63) is 54.1 Å². The molecular weight excluding hydrogens is 406 g/mol. The summed E-state index contributed by atoms with van der Waals surface area (Å²) in [7, 11) is -3.27. The summed E-state index contributed by atoms with van der Waals surface area (Å²) < 4.78 is 25.7. The van der Waals surface area contributed by atoms with Gasteiger partial charge >= 0.3 is 0 Å². The molecule has 0 fully saturated rings. The number of hydrogen-bond acceptors (Lipinski definition) is 5. The molecule has 0 aliphatic heterocycles. The molecule has 0 radical (unpaired) electrons. The van der Waals surface area contributed by atoms with E-state index in [1.165, 1.54) is 17.6 Å². The first-order valence-corrected chi connectivity index (χ1v) is 12.2. The average Bonchev–Trinajstić information content (AvgIpc) is 3.28. The number of hydrogen-bond donors (Lipinski definition) is 1. The standard InChI is InChI=1S/C21H25N3O3S2/c1-5-22-21(25)17-13-24(19(23-17)11-14(2)3)20-10-9-18(28-20)15-7-6-8-16(12-15)29(4,26)27/h6-10,12-14H,5,11H2,1-4H3,(H,22,25). The average molecular weight is 432 g/mol. The molecule has 8 heteroatoms. The summed E-state index contributed by atoms with van der Waals surface area (Å²) in [5, 5.41) is 3.72. The van der Waals surface area contributed by atoms with E-state index in [9.17, 15) is 13.2 Å². The molecule has 1 N–H and O–H groups in total. The van der Waals surface area contributed by atoms with Crippen LogP contribution in [0.4, 0.5) is 0 Å². The second-order valence-electron chi connectivity index (χ2n) is 7.31. The van der Waals surface area contributed by atoms with E-state index in [2.05, 4.69) is 24.1 Å². The van der Waals surface area contributed by atoms with E-state index in [0.29, 0.717) is 23.1 Å². The summed E-state index contributed by atoms with van der Waals surface area (Å²) >= 11 is 1.53. The van der Waals surface area contributed by atoms with Crippen molar-refractivity contribution in [2.75, 3.05) is 12.8 Å². The minimum Gasteiger partial charge on any atom is -0.351 e. The van der Waals surface area contributed by atoms with Gasteiger partial charge in [-0.25, -0.2) is 13.4 Å². The zero-order chi connectivity index (χ0) is 21.2. The zero-order valence-corrected chi connectivity index (χ0v) is 18.6. The van der Waals surface area contributed by atoms with Gasteiger partial charge < -0.3 is 5.32 Å².